The van der Waals surface area contributed by atoms with Gasteiger partial charge in [-0.05, 0) is 47.1 Å². The van der Waals surface area contributed by atoms with Crippen molar-refractivity contribution in [2.75, 3.05) is 6.54 Å². The normalized spacial score (nSPS) is 20.7. The molecule has 134 valence electrons. The van der Waals surface area contributed by atoms with Gasteiger partial charge < -0.3 is 16.2 Å². The number of aliphatic carboxylic acids is 1. The molecule has 0 unspecified atom stereocenters. The first kappa shape index (κ1) is 26.8. The lowest BCUT2D eigenvalue weighted by atomic mass is 10.0. The van der Waals surface area contributed by atoms with Crippen LogP contribution in [-0.2, 0) is 9.59 Å². The Hall–Kier alpha value is -0.0900. The molecule has 0 aromatic carbocycles. The van der Waals surface area contributed by atoms with Crippen LogP contribution in [0.1, 0.15) is 40.5 Å². The van der Waals surface area contributed by atoms with Crippen LogP contribution in [0.25, 0.3) is 0 Å². The van der Waals surface area contributed by atoms with Gasteiger partial charge in [0.25, 0.3) is 0 Å². The van der Waals surface area contributed by atoms with Crippen LogP contribution < -0.4 is 11.1 Å². The number of carboxylic acid groups (broad SMARTS) is 1. The molecule has 1 amide bonds. The lowest BCUT2D eigenvalue weighted by molar-refractivity contribution is -0.144. The van der Waals surface area contributed by atoms with Gasteiger partial charge in [-0.3, -0.25) is 14.5 Å². The number of likely N-dealkylation sites (tertiary alicyclic amines) is 1. The summed E-state index contributed by atoms with van der Waals surface area (Å²) in [5.41, 5.74) is 5.54. The van der Waals surface area contributed by atoms with Gasteiger partial charge in [0.2, 0.25) is 5.91 Å². The number of carboxylic acids is 1. The van der Waals surface area contributed by atoms with E-state index in [1.54, 1.807) is 11.8 Å². The topological polar surface area (TPSA) is 95.7 Å². The molecule has 3 atom stereocenters. The summed E-state index contributed by atoms with van der Waals surface area (Å²) >= 11 is 0. The molecular weight excluding hydrogens is 342 g/mol. The summed E-state index contributed by atoms with van der Waals surface area (Å²) in [6.07, 6.45) is 1.35. The van der Waals surface area contributed by atoms with Crippen LogP contribution in [0.3, 0.4) is 0 Å². The monoisotopic (exact) mass is 373 g/mol. The Morgan fingerprint density at radius 2 is 1.77 bits per heavy atom. The van der Waals surface area contributed by atoms with E-state index in [2.05, 4.69) is 5.32 Å². The largest absolute Gasteiger partial charge is 0.480 e. The molecule has 0 radical (unpaired) electrons. The van der Waals surface area contributed by atoms with Crippen molar-refractivity contribution in [3.05, 3.63) is 0 Å². The number of hydrogen-bond donors (Lipinski definition) is 3. The number of nitrogens with two attached hydrogens (primary N) is 1. The fourth-order valence-electron chi connectivity index (χ4n) is 2.52. The third kappa shape index (κ3) is 7.45. The van der Waals surface area contributed by atoms with Crippen molar-refractivity contribution < 1.29 is 14.7 Å². The van der Waals surface area contributed by atoms with Crippen LogP contribution in [0.2, 0.25) is 0 Å². The van der Waals surface area contributed by atoms with Gasteiger partial charge in [0.1, 0.15) is 12.1 Å². The number of hydrogen-bond acceptors (Lipinski definition) is 4. The second-order valence-corrected chi connectivity index (χ2v) is 6.28. The number of nitrogens with zero attached hydrogens (tertiary/aromatic N) is 1. The molecule has 0 aromatic heterocycles. The molecule has 1 fully saturated rings. The minimum atomic E-state index is -0.883. The Bertz CT molecular complexity index is 362. The summed E-state index contributed by atoms with van der Waals surface area (Å²) in [7, 11) is 0. The molecular formula is C13H31N3O3S3. The van der Waals surface area contributed by atoms with Gasteiger partial charge in [-0.2, -0.15) is 40.5 Å². The van der Waals surface area contributed by atoms with Crippen molar-refractivity contribution in [1.82, 2.24) is 10.2 Å². The molecule has 1 rings (SSSR count). The molecule has 1 heterocycles. The van der Waals surface area contributed by atoms with Crippen molar-refractivity contribution >= 4 is 52.4 Å². The maximum atomic E-state index is 12.3. The van der Waals surface area contributed by atoms with E-state index in [1.165, 1.54) is 0 Å². The maximum absolute atomic E-state index is 12.3. The van der Waals surface area contributed by atoms with Crippen LogP contribution in [0.4, 0.5) is 0 Å². The molecule has 6 nitrogen and oxygen atoms in total. The third-order valence-electron chi connectivity index (χ3n) is 3.20. The fourth-order valence-corrected chi connectivity index (χ4v) is 2.52. The van der Waals surface area contributed by atoms with Gasteiger partial charge in [-0.1, -0.05) is 0 Å². The predicted octanol–water partition coefficient (Wildman–Crippen LogP) is 0.504. The standard InChI is InChI=1S/C13H25N3O3.3H2S/c1-8(14)10(11(17)15-13(2,3)4)16-7-5-6-9(16)12(18)19;;;/h8-10H,5-7,14H2,1-4H3,(H,15,17)(H,18,19);3*1H2/t8-,9-,10-;;;/m0.../s1. The highest BCUT2D eigenvalue weighted by molar-refractivity contribution is 7.59. The fraction of sp³-hybridized carbons (Fsp3) is 0.846. The van der Waals surface area contributed by atoms with E-state index in [9.17, 15) is 14.7 Å². The molecule has 1 aliphatic heterocycles. The zero-order chi connectivity index (χ0) is 14.8. The molecule has 22 heavy (non-hydrogen) atoms. The van der Waals surface area contributed by atoms with E-state index in [4.69, 9.17) is 5.73 Å². The first-order valence-electron chi connectivity index (χ1n) is 6.69. The van der Waals surface area contributed by atoms with Crippen LogP contribution in [0.5, 0.6) is 0 Å². The van der Waals surface area contributed by atoms with Gasteiger partial charge >= 0.3 is 5.97 Å². The van der Waals surface area contributed by atoms with Gasteiger partial charge in [-0.15, -0.1) is 0 Å². The predicted molar refractivity (Wildman–Crippen MR) is 104 cm³/mol. The van der Waals surface area contributed by atoms with E-state index < -0.39 is 24.1 Å². The molecule has 0 bridgehead atoms. The van der Waals surface area contributed by atoms with Gasteiger partial charge in [0.05, 0.1) is 0 Å². The highest BCUT2D eigenvalue weighted by atomic mass is 32.1. The first-order chi connectivity index (χ1) is 8.63. The second-order valence-electron chi connectivity index (χ2n) is 6.28. The Labute approximate surface area is 153 Å². The van der Waals surface area contributed by atoms with Crippen molar-refractivity contribution in [3.8, 4) is 0 Å². The third-order valence-corrected chi connectivity index (χ3v) is 3.20. The number of carbonyl (C=O) groups excluding carboxylic acids is 1. The average molecular weight is 374 g/mol. The number of amides is 1. The highest BCUT2D eigenvalue weighted by Gasteiger charge is 2.40. The quantitative estimate of drug-likeness (QED) is 0.667. The van der Waals surface area contributed by atoms with Crippen LogP contribution >= 0.6 is 40.5 Å². The summed E-state index contributed by atoms with van der Waals surface area (Å²) in [6.45, 7) is 8.01. The summed E-state index contributed by atoms with van der Waals surface area (Å²) < 4.78 is 0. The summed E-state index contributed by atoms with van der Waals surface area (Å²) in [4.78, 5) is 25.3. The molecule has 0 spiro atoms. The number of carbonyl (C=O) groups is 2. The Morgan fingerprint density at radius 1 is 1.27 bits per heavy atom. The first-order valence-corrected chi connectivity index (χ1v) is 6.69. The molecule has 1 aliphatic rings. The van der Waals surface area contributed by atoms with Crippen molar-refractivity contribution in [2.24, 2.45) is 5.73 Å². The van der Waals surface area contributed by atoms with Gasteiger partial charge in [0, 0.05) is 11.6 Å². The van der Waals surface area contributed by atoms with Crippen molar-refractivity contribution in [3.63, 3.8) is 0 Å². The molecule has 0 saturated carbocycles. The number of rotatable bonds is 4. The van der Waals surface area contributed by atoms with E-state index in [0.29, 0.717) is 13.0 Å². The average Bonchev–Trinajstić information content (AvgIpc) is 2.62. The van der Waals surface area contributed by atoms with E-state index >= 15 is 0 Å². The lowest BCUT2D eigenvalue weighted by Gasteiger charge is -2.34. The summed E-state index contributed by atoms with van der Waals surface area (Å²) in [6, 6.07) is -1.62. The Kier molecular flexibility index (Phi) is 13.0. The maximum Gasteiger partial charge on any atom is 0.320 e. The minimum absolute atomic E-state index is 0. The molecule has 1 saturated heterocycles. The smallest absolute Gasteiger partial charge is 0.320 e. The lowest BCUT2D eigenvalue weighted by Crippen LogP contribution is -2.60. The van der Waals surface area contributed by atoms with Crippen LogP contribution in [0.15, 0.2) is 0 Å². The van der Waals surface area contributed by atoms with E-state index in [1.807, 2.05) is 20.8 Å². The van der Waals surface area contributed by atoms with Crippen LogP contribution in [0, 0.1) is 0 Å². The minimum Gasteiger partial charge on any atom is -0.480 e. The van der Waals surface area contributed by atoms with Crippen LogP contribution in [-0.4, -0.2) is 52.1 Å². The van der Waals surface area contributed by atoms with E-state index in [-0.39, 0.29) is 51.9 Å². The molecule has 9 heteroatoms. The number of nitrogens with one attached hydrogen (secondary N) is 1. The summed E-state index contributed by atoms with van der Waals surface area (Å²) in [5, 5.41) is 12.1. The molecule has 4 N–H and O–H groups in total. The Balaban J connectivity index is -0.00000120. The summed E-state index contributed by atoms with van der Waals surface area (Å²) in [5.74, 6) is -1.08. The highest BCUT2D eigenvalue weighted by Crippen LogP contribution is 2.22. The molecule has 0 aliphatic carbocycles. The van der Waals surface area contributed by atoms with Crippen molar-refractivity contribution in [2.45, 2.75) is 64.2 Å². The zero-order valence-corrected chi connectivity index (χ0v) is 16.6. The molecule has 0 aromatic rings. The second kappa shape index (κ2) is 10.6. The van der Waals surface area contributed by atoms with Gasteiger partial charge in [-0.25, -0.2) is 0 Å². The van der Waals surface area contributed by atoms with Gasteiger partial charge in [0.15, 0.2) is 0 Å². The zero-order valence-electron chi connectivity index (χ0n) is 13.6. The van der Waals surface area contributed by atoms with E-state index in [0.717, 1.165) is 6.42 Å². The Morgan fingerprint density at radius 3 is 2.14 bits per heavy atom. The SMILES string of the molecule is C[C@H](N)[C@@H](C(=O)NC(C)(C)C)N1CCC[C@H]1C(=O)O.S.S.S. The van der Waals surface area contributed by atoms with Crippen molar-refractivity contribution in [1.29, 1.82) is 0 Å².